The minimum Gasteiger partial charge on any atom is -0.504 e. The third-order valence-electron chi connectivity index (χ3n) is 3.46. The van der Waals surface area contributed by atoms with Gasteiger partial charge in [-0.2, -0.15) is 0 Å². The molecule has 0 aliphatic rings. The molecule has 3 rings (SSSR count). The number of rotatable bonds is 3. The van der Waals surface area contributed by atoms with Gasteiger partial charge in [-0.3, -0.25) is 0 Å². The predicted molar refractivity (Wildman–Crippen MR) is 84.1 cm³/mol. The first kappa shape index (κ1) is 13.8. The number of nitrogens with zero attached hydrogens (tertiary/aromatic N) is 2. The summed E-state index contributed by atoms with van der Waals surface area (Å²) in [5.74, 6) is 1.34. The molecule has 0 bridgehead atoms. The van der Waals surface area contributed by atoms with E-state index in [2.05, 4.69) is 16.5 Å². The molecule has 5 heteroatoms. The molecular weight excluding hydrogens is 288 g/mol. The third kappa shape index (κ3) is 2.32. The maximum Gasteiger partial charge on any atom is 0.160 e. The zero-order chi connectivity index (χ0) is 15.0. The number of imidazole rings is 1. The second-order valence-electron chi connectivity index (χ2n) is 4.70. The first-order chi connectivity index (χ1) is 10.1. The van der Waals surface area contributed by atoms with E-state index in [9.17, 15) is 5.11 Å². The van der Waals surface area contributed by atoms with Gasteiger partial charge in [0.25, 0.3) is 0 Å². The molecule has 1 aromatic heterocycles. The normalized spacial score (nSPS) is 11.0. The summed E-state index contributed by atoms with van der Waals surface area (Å²) in [6.45, 7) is 2.81. The second kappa shape index (κ2) is 5.30. The van der Waals surface area contributed by atoms with Crippen molar-refractivity contribution < 1.29 is 9.84 Å². The summed E-state index contributed by atoms with van der Waals surface area (Å²) < 4.78 is 7.14. The number of methoxy groups -OCH3 is 1. The molecule has 0 saturated carbocycles. The Morgan fingerprint density at radius 2 is 2.05 bits per heavy atom. The van der Waals surface area contributed by atoms with E-state index in [0.29, 0.717) is 10.8 Å². The largest absolute Gasteiger partial charge is 0.504 e. The van der Waals surface area contributed by atoms with Crippen molar-refractivity contribution in [3.8, 4) is 22.9 Å². The number of aryl methyl sites for hydroxylation is 1. The van der Waals surface area contributed by atoms with Crippen LogP contribution in [0, 0.1) is 0 Å². The van der Waals surface area contributed by atoms with Crippen LogP contribution in [0.15, 0.2) is 36.4 Å². The molecule has 21 heavy (non-hydrogen) atoms. The van der Waals surface area contributed by atoms with Crippen LogP contribution in [0.2, 0.25) is 5.02 Å². The van der Waals surface area contributed by atoms with Crippen LogP contribution >= 0.6 is 11.6 Å². The predicted octanol–water partition coefficient (Wildman–Crippen LogP) is 4.09. The van der Waals surface area contributed by atoms with Crippen LogP contribution in [0.3, 0.4) is 0 Å². The summed E-state index contributed by atoms with van der Waals surface area (Å²) >= 11 is 6.07. The summed E-state index contributed by atoms with van der Waals surface area (Å²) in [7, 11) is 1.53. The lowest BCUT2D eigenvalue weighted by molar-refractivity contribution is 0.373. The molecule has 0 aliphatic heterocycles. The van der Waals surface area contributed by atoms with Crippen molar-refractivity contribution in [3.63, 3.8) is 0 Å². The van der Waals surface area contributed by atoms with Gasteiger partial charge >= 0.3 is 0 Å². The Balaban J connectivity index is 2.22. The van der Waals surface area contributed by atoms with Gasteiger partial charge in [-0.1, -0.05) is 11.6 Å². The number of phenols is 1. The molecule has 0 aliphatic carbocycles. The van der Waals surface area contributed by atoms with Gasteiger partial charge in [-0.25, -0.2) is 4.98 Å². The Bertz CT molecular complexity index is 811. The molecular formula is C16H15ClN2O2. The van der Waals surface area contributed by atoms with Gasteiger partial charge in [0, 0.05) is 17.1 Å². The van der Waals surface area contributed by atoms with E-state index in [1.807, 2.05) is 24.3 Å². The van der Waals surface area contributed by atoms with Crippen molar-refractivity contribution in [1.82, 2.24) is 9.55 Å². The molecule has 0 saturated heterocycles. The maximum absolute atomic E-state index is 9.95. The Labute approximate surface area is 127 Å². The lowest BCUT2D eigenvalue weighted by atomic mass is 10.2. The molecule has 0 atom stereocenters. The highest BCUT2D eigenvalue weighted by molar-refractivity contribution is 6.31. The summed E-state index contributed by atoms with van der Waals surface area (Å²) in [6, 6.07) is 10.9. The van der Waals surface area contributed by atoms with Crippen molar-refractivity contribution in [3.05, 3.63) is 41.4 Å². The van der Waals surface area contributed by atoms with Crippen LogP contribution in [0.4, 0.5) is 0 Å². The van der Waals surface area contributed by atoms with Crippen molar-refractivity contribution in [2.24, 2.45) is 0 Å². The van der Waals surface area contributed by atoms with E-state index in [1.54, 1.807) is 12.1 Å². The molecule has 0 spiro atoms. The van der Waals surface area contributed by atoms with E-state index in [1.165, 1.54) is 7.11 Å². The number of ether oxygens (including phenoxy) is 1. The topological polar surface area (TPSA) is 47.3 Å². The maximum atomic E-state index is 9.95. The number of hydrogen-bond acceptors (Lipinski definition) is 3. The van der Waals surface area contributed by atoms with Crippen molar-refractivity contribution in [2.75, 3.05) is 7.11 Å². The number of benzene rings is 2. The first-order valence-corrected chi connectivity index (χ1v) is 7.05. The van der Waals surface area contributed by atoms with Gasteiger partial charge in [0.2, 0.25) is 0 Å². The fraction of sp³-hybridized carbons (Fsp3) is 0.188. The summed E-state index contributed by atoms with van der Waals surface area (Å²) in [5, 5.41) is 10.6. The second-order valence-corrected chi connectivity index (χ2v) is 5.14. The highest BCUT2D eigenvalue weighted by Crippen LogP contribution is 2.33. The van der Waals surface area contributed by atoms with Gasteiger partial charge in [0.05, 0.1) is 18.1 Å². The molecule has 3 aromatic rings. The minimum absolute atomic E-state index is 0.0998. The van der Waals surface area contributed by atoms with Crippen LogP contribution < -0.4 is 4.74 Å². The molecule has 0 fully saturated rings. The average Bonchev–Trinajstić information content (AvgIpc) is 2.84. The molecule has 4 nitrogen and oxygen atoms in total. The lowest BCUT2D eigenvalue weighted by Crippen LogP contribution is -1.97. The number of aromatic hydroxyl groups is 1. The number of hydrogen-bond donors (Lipinski definition) is 1. The van der Waals surface area contributed by atoms with E-state index < -0.39 is 0 Å². The number of phenolic OH excluding ortho intramolecular Hbond substituents is 1. The first-order valence-electron chi connectivity index (χ1n) is 6.67. The van der Waals surface area contributed by atoms with E-state index in [4.69, 9.17) is 16.3 Å². The quantitative estimate of drug-likeness (QED) is 0.792. The van der Waals surface area contributed by atoms with Crippen LogP contribution in [0.1, 0.15) is 6.92 Å². The smallest absolute Gasteiger partial charge is 0.160 e. The molecule has 0 radical (unpaired) electrons. The van der Waals surface area contributed by atoms with Crippen LogP contribution in [0.5, 0.6) is 11.5 Å². The highest BCUT2D eigenvalue weighted by atomic mass is 35.5. The van der Waals surface area contributed by atoms with Crippen molar-refractivity contribution in [1.29, 1.82) is 0 Å². The number of aromatic nitrogens is 2. The number of fused-ring (bicyclic) bond motifs is 1. The van der Waals surface area contributed by atoms with Gasteiger partial charge in [-0.05, 0) is 43.3 Å². The molecule has 2 aromatic carbocycles. The monoisotopic (exact) mass is 302 g/mol. The van der Waals surface area contributed by atoms with Gasteiger partial charge in [0.15, 0.2) is 11.5 Å². The Hall–Kier alpha value is -2.20. The van der Waals surface area contributed by atoms with Gasteiger partial charge < -0.3 is 14.4 Å². The van der Waals surface area contributed by atoms with E-state index in [0.717, 1.165) is 29.0 Å². The zero-order valence-electron chi connectivity index (χ0n) is 11.8. The molecule has 0 amide bonds. The van der Waals surface area contributed by atoms with E-state index >= 15 is 0 Å². The molecule has 0 unspecified atom stereocenters. The summed E-state index contributed by atoms with van der Waals surface area (Å²) in [5.41, 5.74) is 2.70. The van der Waals surface area contributed by atoms with Gasteiger partial charge in [0.1, 0.15) is 5.82 Å². The summed E-state index contributed by atoms with van der Waals surface area (Å²) in [6.07, 6.45) is 0. The molecule has 1 N–H and O–H groups in total. The Morgan fingerprint density at radius 1 is 1.24 bits per heavy atom. The van der Waals surface area contributed by atoms with Gasteiger partial charge in [-0.15, -0.1) is 0 Å². The Kier molecular flexibility index (Phi) is 3.47. The lowest BCUT2D eigenvalue weighted by Gasteiger charge is -2.08. The van der Waals surface area contributed by atoms with Crippen molar-refractivity contribution >= 4 is 22.6 Å². The molecule has 108 valence electrons. The van der Waals surface area contributed by atoms with Crippen molar-refractivity contribution in [2.45, 2.75) is 13.5 Å². The summed E-state index contributed by atoms with van der Waals surface area (Å²) in [4.78, 5) is 4.64. The Morgan fingerprint density at radius 3 is 2.71 bits per heavy atom. The SMILES string of the molecule is CCn1c(-c2ccc(OC)c(O)c2)nc2ccc(Cl)cc21. The number of halogens is 1. The standard InChI is InChI=1S/C16H15ClN2O2/c1-3-19-13-9-11(17)5-6-12(13)18-16(19)10-4-7-15(21-2)14(20)8-10/h4-9,20H,3H2,1-2H3. The van der Waals surface area contributed by atoms with Crippen LogP contribution in [0.25, 0.3) is 22.4 Å². The average molecular weight is 303 g/mol. The minimum atomic E-state index is 0.0998. The van der Waals surface area contributed by atoms with Crippen LogP contribution in [-0.4, -0.2) is 21.8 Å². The highest BCUT2D eigenvalue weighted by Gasteiger charge is 2.13. The zero-order valence-corrected chi connectivity index (χ0v) is 12.6. The third-order valence-corrected chi connectivity index (χ3v) is 3.70. The fourth-order valence-corrected chi connectivity index (χ4v) is 2.63. The molecule has 1 heterocycles. The van der Waals surface area contributed by atoms with E-state index in [-0.39, 0.29) is 5.75 Å². The van der Waals surface area contributed by atoms with Crippen LogP contribution in [-0.2, 0) is 6.54 Å². The fourth-order valence-electron chi connectivity index (χ4n) is 2.47.